The number of amides is 1. The third kappa shape index (κ3) is 2.78. The summed E-state index contributed by atoms with van der Waals surface area (Å²) in [6, 6.07) is 7.49. The SMILES string of the molecule is NC(=O)C1(Nc2ccc(Cl)cc2)CCCC(C2CC2)C1. The highest BCUT2D eigenvalue weighted by Gasteiger charge is 2.45. The van der Waals surface area contributed by atoms with Crippen molar-refractivity contribution >= 4 is 23.2 Å². The lowest BCUT2D eigenvalue weighted by molar-refractivity contribution is -0.123. The first-order valence-electron chi connectivity index (χ1n) is 7.43. The molecule has 20 heavy (non-hydrogen) atoms. The molecule has 3 nitrogen and oxygen atoms in total. The Morgan fingerprint density at radius 2 is 1.90 bits per heavy atom. The Hall–Kier alpha value is -1.22. The molecule has 0 aliphatic heterocycles. The molecule has 2 unspecified atom stereocenters. The molecular weight excluding hydrogens is 272 g/mol. The normalized spacial score (nSPS) is 29.9. The summed E-state index contributed by atoms with van der Waals surface area (Å²) in [5, 5.41) is 4.10. The van der Waals surface area contributed by atoms with Crippen LogP contribution in [-0.4, -0.2) is 11.4 Å². The van der Waals surface area contributed by atoms with Gasteiger partial charge in [-0.05, 0) is 68.2 Å². The number of carbonyl (C=O) groups is 1. The fourth-order valence-electron chi connectivity index (χ4n) is 3.50. The van der Waals surface area contributed by atoms with Gasteiger partial charge in [0.1, 0.15) is 5.54 Å². The molecular formula is C16H21ClN2O. The van der Waals surface area contributed by atoms with E-state index in [-0.39, 0.29) is 5.91 Å². The van der Waals surface area contributed by atoms with Gasteiger partial charge >= 0.3 is 0 Å². The summed E-state index contributed by atoms with van der Waals surface area (Å²) < 4.78 is 0. The number of nitrogens with two attached hydrogens (primary N) is 1. The van der Waals surface area contributed by atoms with Crippen molar-refractivity contribution in [1.82, 2.24) is 0 Å². The van der Waals surface area contributed by atoms with E-state index in [1.54, 1.807) is 0 Å². The van der Waals surface area contributed by atoms with Crippen molar-refractivity contribution < 1.29 is 4.79 Å². The van der Waals surface area contributed by atoms with E-state index in [2.05, 4.69) is 5.32 Å². The van der Waals surface area contributed by atoms with Crippen LogP contribution in [0.2, 0.25) is 5.02 Å². The lowest BCUT2D eigenvalue weighted by atomic mass is 9.73. The van der Waals surface area contributed by atoms with E-state index in [1.807, 2.05) is 24.3 Å². The number of anilines is 1. The standard InChI is InChI=1S/C16H21ClN2O/c17-13-5-7-14(8-6-13)19-16(15(18)20)9-1-2-12(10-16)11-3-4-11/h5-8,11-12,19H,1-4,9-10H2,(H2,18,20). The summed E-state index contributed by atoms with van der Waals surface area (Å²) in [6.45, 7) is 0. The quantitative estimate of drug-likeness (QED) is 0.891. The molecule has 0 aromatic heterocycles. The van der Waals surface area contributed by atoms with Gasteiger partial charge < -0.3 is 11.1 Å². The summed E-state index contributed by atoms with van der Waals surface area (Å²) in [6.07, 6.45) is 6.65. The molecule has 3 rings (SSSR count). The number of carbonyl (C=O) groups excluding carboxylic acids is 1. The molecule has 2 atom stereocenters. The van der Waals surface area contributed by atoms with Gasteiger partial charge in [0.2, 0.25) is 5.91 Å². The van der Waals surface area contributed by atoms with Crippen molar-refractivity contribution in [1.29, 1.82) is 0 Å². The zero-order valence-electron chi connectivity index (χ0n) is 11.6. The van der Waals surface area contributed by atoms with E-state index in [4.69, 9.17) is 17.3 Å². The van der Waals surface area contributed by atoms with E-state index in [9.17, 15) is 4.79 Å². The molecule has 1 aromatic rings. The van der Waals surface area contributed by atoms with Gasteiger partial charge in [0.15, 0.2) is 0 Å². The summed E-state index contributed by atoms with van der Waals surface area (Å²) in [4.78, 5) is 12.1. The Morgan fingerprint density at radius 1 is 1.20 bits per heavy atom. The summed E-state index contributed by atoms with van der Waals surface area (Å²) >= 11 is 5.91. The highest BCUT2D eigenvalue weighted by molar-refractivity contribution is 6.30. The zero-order valence-corrected chi connectivity index (χ0v) is 12.3. The second-order valence-corrected chi connectivity index (χ2v) is 6.71. The molecule has 0 spiro atoms. The van der Waals surface area contributed by atoms with Crippen molar-refractivity contribution in [2.45, 2.75) is 44.1 Å². The number of hydrogen-bond acceptors (Lipinski definition) is 2. The zero-order chi connectivity index (χ0) is 14.2. The first-order chi connectivity index (χ1) is 9.59. The number of benzene rings is 1. The average Bonchev–Trinajstić information content (AvgIpc) is 3.26. The Kier molecular flexibility index (Phi) is 3.63. The summed E-state index contributed by atoms with van der Waals surface area (Å²) in [5.74, 6) is 1.25. The molecule has 1 aromatic carbocycles. The monoisotopic (exact) mass is 292 g/mol. The fourth-order valence-corrected chi connectivity index (χ4v) is 3.62. The predicted octanol–water partition coefficient (Wildman–Crippen LogP) is 3.58. The van der Waals surface area contributed by atoms with Gasteiger partial charge in [-0.2, -0.15) is 0 Å². The maximum Gasteiger partial charge on any atom is 0.243 e. The van der Waals surface area contributed by atoms with Gasteiger partial charge in [0, 0.05) is 10.7 Å². The van der Waals surface area contributed by atoms with Crippen LogP contribution >= 0.6 is 11.6 Å². The number of rotatable bonds is 4. The molecule has 0 heterocycles. The van der Waals surface area contributed by atoms with Crippen LogP contribution in [0, 0.1) is 11.8 Å². The Bertz CT molecular complexity index is 498. The van der Waals surface area contributed by atoms with Crippen LogP contribution in [0.25, 0.3) is 0 Å². The van der Waals surface area contributed by atoms with Gasteiger partial charge in [0.25, 0.3) is 0 Å². The Morgan fingerprint density at radius 3 is 2.50 bits per heavy atom. The minimum Gasteiger partial charge on any atom is -0.371 e. The highest BCUT2D eigenvalue weighted by Crippen LogP contribution is 2.47. The molecule has 1 amide bonds. The van der Waals surface area contributed by atoms with E-state index in [1.165, 1.54) is 19.3 Å². The summed E-state index contributed by atoms with van der Waals surface area (Å²) in [5.41, 5.74) is 6.07. The van der Waals surface area contributed by atoms with Crippen LogP contribution in [0.1, 0.15) is 38.5 Å². The van der Waals surface area contributed by atoms with Crippen LogP contribution in [0.4, 0.5) is 5.69 Å². The maximum absolute atomic E-state index is 12.1. The van der Waals surface area contributed by atoms with Crippen LogP contribution < -0.4 is 11.1 Å². The van der Waals surface area contributed by atoms with Crippen molar-refractivity contribution in [3.8, 4) is 0 Å². The van der Waals surface area contributed by atoms with Gasteiger partial charge in [-0.1, -0.05) is 18.0 Å². The molecule has 2 aliphatic carbocycles. The second kappa shape index (κ2) is 5.28. The molecule has 0 saturated heterocycles. The molecule has 4 heteroatoms. The van der Waals surface area contributed by atoms with Crippen LogP contribution in [0.3, 0.4) is 0 Å². The largest absolute Gasteiger partial charge is 0.371 e. The summed E-state index contributed by atoms with van der Waals surface area (Å²) in [7, 11) is 0. The van der Waals surface area contributed by atoms with Crippen LogP contribution in [-0.2, 0) is 4.79 Å². The lowest BCUT2D eigenvalue weighted by Gasteiger charge is -2.40. The van der Waals surface area contributed by atoms with Crippen molar-refractivity contribution in [3.63, 3.8) is 0 Å². The molecule has 0 bridgehead atoms. The highest BCUT2D eigenvalue weighted by atomic mass is 35.5. The first kappa shape index (κ1) is 13.7. The predicted molar refractivity (Wildman–Crippen MR) is 81.7 cm³/mol. The minimum absolute atomic E-state index is 0.224. The Labute approximate surface area is 124 Å². The number of halogens is 1. The van der Waals surface area contributed by atoms with Gasteiger partial charge in [-0.15, -0.1) is 0 Å². The Balaban J connectivity index is 1.79. The van der Waals surface area contributed by atoms with Gasteiger partial charge in [-0.25, -0.2) is 0 Å². The van der Waals surface area contributed by atoms with Crippen LogP contribution in [0.15, 0.2) is 24.3 Å². The van der Waals surface area contributed by atoms with E-state index in [0.717, 1.165) is 30.9 Å². The number of nitrogens with one attached hydrogen (secondary N) is 1. The molecule has 3 N–H and O–H groups in total. The molecule has 108 valence electrons. The lowest BCUT2D eigenvalue weighted by Crippen LogP contribution is -2.53. The average molecular weight is 293 g/mol. The van der Waals surface area contributed by atoms with E-state index < -0.39 is 5.54 Å². The van der Waals surface area contributed by atoms with Gasteiger partial charge in [0.05, 0.1) is 0 Å². The maximum atomic E-state index is 12.1. The van der Waals surface area contributed by atoms with E-state index >= 15 is 0 Å². The number of hydrogen-bond donors (Lipinski definition) is 2. The third-order valence-corrected chi connectivity index (χ3v) is 5.03. The van der Waals surface area contributed by atoms with Crippen molar-refractivity contribution in [3.05, 3.63) is 29.3 Å². The fraction of sp³-hybridized carbons (Fsp3) is 0.562. The van der Waals surface area contributed by atoms with Gasteiger partial charge in [-0.3, -0.25) is 4.79 Å². The molecule has 0 radical (unpaired) electrons. The van der Waals surface area contributed by atoms with Crippen LogP contribution in [0.5, 0.6) is 0 Å². The molecule has 2 fully saturated rings. The second-order valence-electron chi connectivity index (χ2n) is 6.27. The number of primary amides is 1. The molecule has 2 aliphatic rings. The van der Waals surface area contributed by atoms with Crippen molar-refractivity contribution in [2.24, 2.45) is 17.6 Å². The minimum atomic E-state index is -0.584. The first-order valence-corrected chi connectivity index (χ1v) is 7.80. The smallest absolute Gasteiger partial charge is 0.243 e. The topological polar surface area (TPSA) is 55.1 Å². The van der Waals surface area contributed by atoms with Crippen molar-refractivity contribution in [2.75, 3.05) is 5.32 Å². The molecule has 2 saturated carbocycles. The third-order valence-electron chi connectivity index (χ3n) is 4.78. The van der Waals surface area contributed by atoms with E-state index in [0.29, 0.717) is 10.9 Å².